The highest BCUT2D eigenvalue weighted by atomic mass is 35.5. The van der Waals surface area contributed by atoms with Crippen LogP contribution in [0, 0.1) is 0 Å². The zero-order valence-electron chi connectivity index (χ0n) is 11.7. The summed E-state index contributed by atoms with van der Waals surface area (Å²) in [6.07, 6.45) is 6.45. The molecule has 0 heterocycles. The second-order valence-electron chi connectivity index (χ2n) is 5.24. The van der Waals surface area contributed by atoms with E-state index in [1.165, 1.54) is 37.7 Å². The first kappa shape index (κ1) is 15.3. The average molecular weight is 310 g/mol. The van der Waals surface area contributed by atoms with Gasteiger partial charge in [0.1, 0.15) is 0 Å². The molecular weight excluding hydrogens is 290 g/mol. The van der Waals surface area contributed by atoms with E-state index in [0.717, 1.165) is 16.3 Å². The third-order valence-electron chi connectivity index (χ3n) is 3.80. The third kappa shape index (κ3) is 3.93. The maximum Gasteiger partial charge on any atom is 0.184 e. The number of halogens is 1. The van der Waals surface area contributed by atoms with Crippen molar-refractivity contribution >= 4 is 34.6 Å². The van der Waals surface area contributed by atoms with Crippen molar-refractivity contribution in [3.8, 4) is 0 Å². The van der Waals surface area contributed by atoms with E-state index >= 15 is 0 Å². The number of hydrazone groups is 1. The van der Waals surface area contributed by atoms with Crippen molar-refractivity contribution in [2.45, 2.75) is 44.9 Å². The molecule has 3 N–H and O–H groups in total. The number of nitrogens with two attached hydrogens (primary N) is 1. The van der Waals surface area contributed by atoms with E-state index in [2.05, 4.69) is 22.7 Å². The van der Waals surface area contributed by atoms with Gasteiger partial charge < -0.3 is 5.73 Å². The molecule has 0 radical (unpaired) electrons. The SMILES string of the molecule is C/C(=N\NC(N)=S)c1ccc(C2CCCCC2)c(Cl)c1. The number of thiocarbonyl (C=S) groups is 1. The van der Waals surface area contributed by atoms with Crippen LogP contribution in [-0.2, 0) is 0 Å². The van der Waals surface area contributed by atoms with Gasteiger partial charge >= 0.3 is 0 Å². The quantitative estimate of drug-likeness (QED) is 0.505. The van der Waals surface area contributed by atoms with E-state index in [9.17, 15) is 0 Å². The lowest BCUT2D eigenvalue weighted by Gasteiger charge is -2.23. The molecule has 5 heteroatoms. The second kappa shape index (κ2) is 7.04. The molecule has 3 nitrogen and oxygen atoms in total. The van der Waals surface area contributed by atoms with Crippen LogP contribution in [0.25, 0.3) is 0 Å². The Labute approximate surface area is 130 Å². The Kier molecular flexibility index (Phi) is 5.38. The summed E-state index contributed by atoms with van der Waals surface area (Å²) in [5, 5.41) is 5.11. The summed E-state index contributed by atoms with van der Waals surface area (Å²) < 4.78 is 0. The van der Waals surface area contributed by atoms with Gasteiger partial charge in [-0.2, -0.15) is 5.10 Å². The summed E-state index contributed by atoms with van der Waals surface area (Å²) >= 11 is 11.2. The van der Waals surface area contributed by atoms with Crippen molar-refractivity contribution in [1.29, 1.82) is 0 Å². The maximum absolute atomic E-state index is 6.44. The van der Waals surface area contributed by atoms with Gasteiger partial charge in [-0.15, -0.1) is 0 Å². The summed E-state index contributed by atoms with van der Waals surface area (Å²) in [6, 6.07) is 6.18. The van der Waals surface area contributed by atoms with Crippen molar-refractivity contribution in [1.82, 2.24) is 5.43 Å². The molecule has 0 unspecified atom stereocenters. The van der Waals surface area contributed by atoms with Crippen LogP contribution in [0.5, 0.6) is 0 Å². The molecule has 0 atom stereocenters. The molecule has 0 aliphatic heterocycles. The predicted octanol–water partition coefficient (Wildman–Crippen LogP) is 3.94. The number of hydrogen-bond acceptors (Lipinski definition) is 2. The van der Waals surface area contributed by atoms with E-state index in [4.69, 9.17) is 29.6 Å². The van der Waals surface area contributed by atoms with Crippen LogP contribution in [-0.4, -0.2) is 10.8 Å². The number of nitrogens with zero attached hydrogens (tertiary/aromatic N) is 1. The van der Waals surface area contributed by atoms with Crippen LogP contribution in [0.1, 0.15) is 56.1 Å². The molecule has 0 spiro atoms. The topological polar surface area (TPSA) is 50.4 Å². The highest BCUT2D eigenvalue weighted by Crippen LogP contribution is 2.36. The molecule has 108 valence electrons. The number of benzene rings is 1. The molecule has 1 aliphatic rings. The minimum absolute atomic E-state index is 0.161. The maximum atomic E-state index is 6.44. The third-order valence-corrected chi connectivity index (χ3v) is 4.22. The predicted molar refractivity (Wildman–Crippen MR) is 89.4 cm³/mol. The lowest BCUT2D eigenvalue weighted by molar-refractivity contribution is 0.444. The van der Waals surface area contributed by atoms with Gasteiger partial charge in [0.15, 0.2) is 5.11 Å². The second-order valence-corrected chi connectivity index (χ2v) is 6.09. The molecule has 1 aliphatic carbocycles. The van der Waals surface area contributed by atoms with Gasteiger partial charge in [-0.05, 0) is 55.1 Å². The number of nitrogens with one attached hydrogen (secondary N) is 1. The van der Waals surface area contributed by atoms with Crippen LogP contribution in [0.3, 0.4) is 0 Å². The molecular formula is C15H20ClN3S. The minimum atomic E-state index is 0.161. The highest BCUT2D eigenvalue weighted by Gasteiger charge is 2.18. The van der Waals surface area contributed by atoms with Gasteiger partial charge in [-0.3, -0.25) is 5.43 Å². The molecule has 0 saturated heterocycles. The molecule has 1 fully saturated rings. The largest absolute Gasteiger partial charge is 0.375 e. The van der Waals surface area contributed by atoms with Gasteiger partial charge in [-0.1, -0.05) is 43.0 Å². The molecule has 1 saturated carbocycles. The van der Waals surface area contributed by atoms with Crippen molar-refractivity contribution in [2.24, 2.45) is 10.8 Å². The van der Waals surface area contributed by atoms with Gasteiger partial charge in [0.2, 0.25) is 0 Å². The number of hydrogen-bond donors (Lipinski definition) is 2. The molecule has 0 amide bonds. The van der Waals surface area contributed by atoms with E-state index in [1.807, 2.05) is 13.0 Å². The summed E-state index contributed by atoms with van der Waals surface area (Å²) in [6.45, 7) is 1.90. The summed E-state index contributed by atoms with van der Waals surface area (Å²) in [4.78, 5) is 0. The Bertz CT molecular complexity index is 522. The van der Waals surface area contributed by atoms with E-state index in [0.29, 0.717) is 5.92 Å². The Balaban J connectivity index is 2.16. The van der Waals surface area contributed by atoms with Crippen molar-refractivity contribution in [2.75, 3.05) is 0 Å². The first-order valence-corrected chi connectivity index (χ1v) is 7.76. The van der Waals surface area contributed by atoms with E-state index in [-0.39, 0.29) is 5.11 Å². The normalized spacial score (nSPS) is 17.0. The highest BCUT2D eigenvalue weighted by molar-refractivity contribution is 7.80. The molecule has 20 heavy (non-hydrogen) atoms. The smallest absolute Gasteiger partial charge is 0.184 e. The fourth-order valence-corrected chi connectivity index (χ4v) is 3.08. The van der Waals surface area contributed by atoms with Gasteiger partial charge in [0.05, 0.1) is 5.71 Å². The monoisotopic (exact) mass is 309 g/mol. The first-order valence-electron chi connectivity index (χ1n) is 6.97. The summed E-state index contributed by atoms with van der Waals surface area (Å²) in [5.74, 6) is 0.609. The number of rotatable bonds is 3. The van der Waals surface area contributed by atoms with Gasteiger partial charge in [0.25, 0.3) is 0 Å². The first-order chi connectivity index (χ1) is 9.58. The lowest BCUT2D eigenvalue weighted by atomic mass is 9.84. The molecule has 0 bridgehead atoms. The minimum Gasteiger partial charge on any atom is -0.375 e. The van der Waals surface area contributed by atoms with E-state index in [1.54, 1.807) is 0 Å². The Morgan fingerprint density at radius 2 is 2.05 bits per heavy atom. The van der Waals surface area contributed by atoms with Crippen LogP contribution in [0.4, 0.5) is 0 Å². The van der Waals surface area contributed by atoms with Crippen LogP contribution in [0.2, 0.25) is 5.02 Å². The van der Waals surface area contributed by atoms with Crippen molar-refractivity contribution < 1.29 is 0 Å². The van der Waals surface area contributed by atoms with Crippen LogP contribution in [0.15, 0.2) is 23.3 Å². The Morgan fingerprint density at radius 1 is 1.35 bits per heavy atom. The zero-order valence-corrected chi connectivity index (χ0v) is 13.2. The fourth-order valence-electron chi connectivity index (χ4n) is 2.70. The standard InChI is InChI=1S/C15H20ClN3S/c1-10(18-19-15(17)20)12-7-8-13(14(16)9-12)11-5-3-2-4-6-11/h7-9,11H,2-6H2,1H3,(H3,17,19,20)/b18-10+. The van der Waals surface area contributed by atoms with Crippen molar-refractivity contribution in [3.05, 3.63) is 34.3 Å². The zero-order chi connectivity index (χ0) is 14.5. The average Bonchev–Trinajstić information content (AvgIpc) is 2.45. The molecule has 2 rings (SSSR count). The molecule has 0 aromatic heterocycles. The summed E-state index contributed by atoms with van der Waals surface area (Å²) in [5.41, 5.74) is 11.0. The van der Waals surface area contributed by atoms with Crippen molar-refractivity contribution in [3.63, 3.8) is 0 Å². The molecule has 1 aromatic rings. The van der Waals surface area contributed by atoms with Gasteiger partial charge in [-0.25, -0.2) is 0 Å². The van der Waals surface area contributed by atoms with Crippen LogP contribution < -0.4 is 11.2 Å². The van der Waals surface area contributed by atoms with Crippen LogP contribution >= 0.6 is 23.8 Å². The van der Waals surface area contributed by atoms with E-state index < -0.39 is 0 Å². The molecule has 1 aromatic carbocycles. The fraction of sp³-hybridized carbons (Fsp3) is 0.467. The van der Waals surface area contributed by atoms with Gasteiger partial charge in [0, 0.05) is 5.02 Å². The Morgan fingerprint density at radius 3 is 2.65 bits per heavy atom. The summed E-state index contributed by atoms with van der Waals surface area (Å²) in [7, 11) is 0. The lowest BCUT2D eigenvalue weighted by Crippen LogP contribution is -2.25. The Hall–Kier alpha value is -1.13.